The van der Waals surface area contributed by atoms with Crippen LogP contribution in [0.4, 0.5) is 0 Å². The summed E-state index contributed by atoms with van der Waals surface area (Å²) in [4.78, 5) is 0. The smallest absolute Gasteiger partial charge is 0.278 e. The molecule has 1 fully saturated rings. The van der Waals surface area contributed by atoms with Crippen LogP contribution in [0.25, 0.3) is 0 Å². The predicted molar refractivity (Wildman–Crippen MR) is 63.5 cm³/mol. The predicted octanol–water partition coefficient (Wildman–Crippen LogP) is -0.196. The summed E-state index contributed by atoms with van der Waals surface area (Å²) >= 11 is 0. The Balaban J connectivity index is 0.00000196. The molecule has 0 aromatic heterocycles. The monoisotopic (exact) mass is 257 g/mol. The van der Waals surface area contributed by atoms with Crippen molar-refractivity contribution >= 4 is 22.6 Å². The van der Waals surface area contributed by atoms with Crippen molar-refractivity contribution in [2.45, 2.75) is 12.8 Å². The van der Waals surface area contributed by atoms with Crippen molar-refractivity contribution in [2.24, 2.45) is 5.92 Å². The molecule has 0 amide bonds. The fraction of sp³-hybridized carbons (Fsp3) is 1.00. The van der Waals surface area contributed by atoms with Gasteiger partial charge in [-0.05, 0) is 31.8 Å². The first-order valence-electron chi connectivity index (χ1n) is 4.90. The summed E-state index contributed by atoms with van der Waals surface area (Å²) in [5.41, 5.74) is 0. The topological polar surface area (TPSA) is 61.4 Å². The van der Waals surface area contributed by atoms with Gasteiger partial charge in [-0.1, -0.05) is 0 Å². The van der Waals surface area contributed by atoms with Crippen LogP contribution in [0, 0.1) is 5.92 Å². The maximum atomic E-state index is 11.3. The minimum atomic E-state index is -3.23. The average Bonchev–Trinajstić information content (AvgIpc) is 2.56. The first-order valence-corrected chi connectivity index (χ1v) is 6.34. The Morgan fingerprint density at radius 1 is 1.47 bits per heavy atom. The van der Waals surface area contributed by atoms with Gasteiger partial charge in [0.15, 0.2) is 0 Å². The van der Waals surface area contributed by atoms with Crippen LogP contribution in [0.15, 0.2) is 0 Å². The zero-order chi connectivity index (χ0) is 10.6. The summed E-state index contributed by atoms with van der Waals surface area (Å²) in [6.45, 7) is 2.61. The SMILES string of the molecule is CN(C)S(=O)(=O)NCCC1CCNC1.Cl. The zero-order valence-electron chi connectivity index (χ0n) is 9.19. The largest absolute Gasteiger partial charge is 0.316 e. The molecule has 0 aromatic rings. The first-order chi connectivity index (χ1) is 6.52. The van der Waals surface area contributed by atoms with Crippen molar-refractivity contribution in [3.8, 4) is 0 Å². The standard InChI is InChI=1S/C8H19N3O2S.ClH/c1-11(2)14(12,13)10-6-4-8-3-5-9-7-8;/h8-10H,3-7H2,1-2H3;1H. The van der Waals surface area contributed by atoms with E-state index < -0.39 is 10.2 Å². The Hall–Kier alpha value is 0.120. The van der Waals surface area contributed by atoms with Gasteiger partial charge in [0.1, 0.15) is 0 Å². The minimum absolute atomic E-state index is 0. The van der Waals surface area contributed by atoms with Crippen molar-refractivity contribution < 1.29 is 8.42 Å². The summed E-state index contributed by atoms with van der Waals surface area (Å²) in [6, 6.07) is 0. The molecule has 1 rings (SSSR count). The van der Waals surface area contributed by atoms with Crippen LogP contribution in [-0.2, 0) is 10.2 Å². The van der Waals surface area contributed by atoms with E-state index in [0.717, 1.165) is 25.9 Å². The minimum Gasteiger partial charge on any atom is -0.316 e. The van der Waals surface area contributed by atoms with Crippen LogP contribution in [0.5, 0.6) is 0 Å². The summed E-state index contributed by atoms with van der Waals surface area (Å²) in [5.74, 6) is 0.625. The van der Waals surface area contributed by atoms with Gasteiger partial charge in [-0.15, -0.1) is 12.4 Å². The van der Waals surface area contributed by atoms with Crippen molar-refractivity contribution in [1.82, 2.24) is 14.3 Å². The van der Waals surface area contributed by atoms with Gasteiger partial charge < -0.3 is 5.32 Å². The summed E-state index contributed by atoms with van der Waals surface area (Å²) in [6.07, 6.45) is 2.07. The van der Waals surface area contributed by atoms with Crippen molar-refractivity contribution in [1.29, 1.82) is 0 Å². The molecule has 0 aliphatic carbocycles. The molecule has 1 aliphatic heterocycles. The van der Waals surface area contributed by atoms with E-state index >= 15 is 0 Å². The lowest BCUT2D eigenvalue weighted by atomic mass is 10.1. The third-order valence-electron chi connectivity index (χ3n) is 2.48. The third kappa shape index (κ3) is 5.12. The molecule has 0 aromatic carbocycles. The maximum Gasteiger partial charge on any atom is 0.278 e. The molecule has 1 unspecified atom stereocenters. The highest BCUT2D eigenvalue weighted by molar-refractivity contribution is 7.87. The Labute approximate surface area is 98.2 Å². The Morgan fingerprint density at radius 3 is 2.60 bits per heavy atom. The Kier molecular flexibility index (Phi) is 6.70. The molecule has 1 saturated heterocycles. The molecule has 1 aliphatic rings. The normalized spacial score (nSPS) is 21.7. The molecule has 0 radical (unpaired) electrons. The van der Waals surface area contributed by atoms with E-state index in [9.17, 15) is 8.42 Å². The van der Waals surface area contributed by atoms with E-state index in [1.54, 1.807) is 0 Å². The van der Waals surface area contributed by atoms with Gasteiger partial charge in [-0.25, -0.2) is 4.72 Å². The van der Waals surface area contributed by atoms with Gasteiger partial charge in [0, 0.05) is 20.6 Å². The van der Waals surface area contributed by atoms with Crippen LogP contribution in [-0.4, -0.2) is 46.5 Å². The molecule has 1 atom stereocenters. The highest BCUT2D eigenvalue weighted by Crippen LogP contribution is 2.10. The van der Waals surface area contributed by atoms with Gasteiger partial charge in [0.05, 0.1) is 0 Å². The number of rotatable bonds is 5. The fourth-order valence-corrected chi connectivity index (χ4v) is 2.12. The van der Waals surface area contributed by atoms with Gasteiger partial charge in [0.2, 0.25) is 0 Å². The second-order valence-corrected chi connectivity index (χ2v) is 5.80. The molecule has 5 nitrogen and oxygen atoms in total. The molecule has 0 saturated carbocycles. The number of nitrogens with one attached hydrogen (secondary N) is 2. The van der Waals surface area contributed by atoms with Crippen molar-refractivity contribution in [3.63, 3.8) is 0 Å². The molecule has 7 heteroatoms. The molecule has 15 heavy (non-hydrogen) atoms. The molecule has 0 spiro atoms. The van der Waals surface area contributed by atoms with Crippen molar-refractivity contribution in [3.05, 3.63) is 0 Å². The van der Waals surface area contributed by atoms with E-state index in [1.165, 1.54) is 18.4 Å². The fourth-order valence-electron chi connectivity index (χ4n) is 1.48. The van der Waals surface area contributed by atoms with Crippen LogP contribution in [0.3, 0.4) is 0 Å². The van der Waals surface area contributed by atoms with Gasteiger partial charge in [-0.3, -0.25) is 0 Å². The highest BCUT2D eigenvalue weighted by Gasteiger charge is 2.16. The number of hydrogen-bond donors (Lipinski definition) is 2. The van der Waals surface area contributed by atoms with Crippen LogP contribution < -0.4 is 10.0 Å². The zero-order valence-corrected chi connectivity index (χ0v) is 10.8. The molecule has 2 N–H and O–H groups in total. The summed E-state index contributed by atoms with van der Waals surface area (Å²) < 4.78 is 26.4. The summed E-state index contributed by atoms with van der Waals surface area (Å²) in [5, 5.41) is 3.26. The van der Waals surface area contributed by atoms with Gasteiger partial charge in [0.25, 0.3) is 10.2 Å². The van der Waals surface area contributed by atoms with Crippen LogP contribution >= 0.6 is 12.4 Å². The number of halogens is 1. The number of nitrogens with zero attached hydrogens (tertiary/aromatic N) is 1. The van der Waals surface area contributed by atoms with E-state index in [4.69, 9.17) is 0 Å². The van der Waals surface area contributed by atoms with E-state index in [1.807, 2.05) is 0 Å². The quantitative estimate of drug-likeness (QED) is 0.717. The summed E-state index contributed by atoms with van der Waals surface area (Å²) in [7, 11) is -0.172. The molecule has 92 valence electrons. The lowest BCUT2D eigenvalue weighted by Crippen LogP contribution is -2.36. The van der Waals surface area contributed by atoms with E-state index in [-0.39, 0.29) is 12.4 Å². The van der Waals surface area contributed by atoms with E-state index in [2.05, 4.69) is 10.0 Å². The highest BCUT2D eigenvalue weighted by atomic mass is 35.5. The van der Waals surface area contributed by atoms with Gasteiger partial charge >= 0.3 is 0 Å². The lowest BCUT2D eigenvalue weighted by Gasteiger charge is -2.13. The Bertz CT molecular complexity index is 263. The van der Waals surface area contributed by atoms with E-state index in [0.29, 0.717) is 12.5 Å². The first kappa shape index (κ1) is 15.1. The second kappa shape index (κ2) is 6.65. The third-order valence-corrected chi connectivity index (χ3v) is 4.01. The van der Waals surface area contributed by atoms with Crippen LogP contribution in [0.2, 0.25) is 0 Å². The average molecular weight is 258 g/mol. The number of hydrogen-bond acceptors (Lipinski definition) is 3. The molecule has 0 bridgehead atoms. The van der Waals surface area contributed by atoms with Gasteiger partial charge in [-0.2, -0.15) is 12.7 Å². The van der Waals surface area contributed by atoms with Crippen LogP contribution in [0.1, 0.15) is 12.8 Å². The molecular formula is C8H20ClN3O2S. The van der Waals surface area contributed by atoms with Crippen molar-refractivity contribution in [2.75, 3.05) is 33.7 Å². The molecule has 1 heterocycles. The molecular weight excluding hydrogens is 238 g/mol. The Morgan fingerprint density at radius 2 is 2.13 bits per heavy atom. The lowest BCUT2D eigenvalue weighted by molar-refractivity contribution is 0.486. The maximum absolute atomic E-state index is 11.3. The second-order valence-electron chi connectivity index (χ2n) is 3.83.